The molecule has 0 aromatic carbocycles. The van der Waals surface area contributed by atoms with E-state index in [1.165, 1.54) is 11.8 Å². The van der Waals surface area contributed by atoms with Gasteiger partial charge in [0.05, 0.1) is 5.75 Å². The molecule has 0 fully saturated rings. The SMILES string of the molecule is C=C(Cl)/C=C(\C=C/C)SCC(=O)O. The third-order valence-electron chi connectivity index (χ3n) is 0.992. The number of hydrogen-bond acceptors (Lipinski definition) is 2. The minimum absolute atomic E-state index is 0.0281. The molecule has 0 aliphatic heterocycles. The fourth-order valence-electron chi connectivity index (χ4n) is 0.602. The maximum atomic E-state index is 10.3. The smallest absolute Gasteiger partial charge is 0.313 e. The lowest BCUT2D eigenvalue weighted by Crippen LogP contribution is -1.97. The summed E-state index contributed by atoms with van der Waals surface area (Å²) in [7, 11) is 0. The lowest BCUT2D eigenvalue weighted by Gasteiger charge is -1.98. The largest absolute Gasteiger partial charge is 0.481 e. The summed E-state index contributed by atoms with van der Waals surface area (Å²) < 4.78 is 0. The van der Waals surface area contributed by atoms with Crippen molar-refractivity contribution in [2.75, 3.05) is 5.75 Å². The summed E-state index contributed by atoms with van der Waals surface area (Å²) in [6, 6.07) is 0. The van der Waals surface area contributed by atoms with Crippen molar-refractivity contribution in [2.24, 2.45) is 0 Å². The molecule has 0 spiro atoms. The summed E-state index contributed by atoms with van der Waals surface area (Å²) in [5.41, 5.74) is 0. The molecule has 4 heteroatoms. The predicted molar refractivity (Wildman–Crippen MR) is 58.0 cm³/mol. The first-order chi connectivity index (χ1) is 6.06. The van der Waals surface area contributed by atoms with E-state index in [1.54, 1.807) is 12.2 Å². The van der Waals surface area contributed by atoms with Crippen molar-refractivity contribution >= 4 is 29.3 Å². The number of allylic oxidation sites excluding steroid dienone is 4. The number of carboxylic acid groups (broad SMARTS) is 1. The Labute approximate surface area is 87.0 Å². The maximum absolute atomic E-state index is 10.3. The zero-order valence-corrected chi connectivity index (χ0v) is 8.86. The summed E-state index contributed by atoms with van der Waals surface area (Å²) in [5, 5.41) is 8.83. The van der Waals surface area contributed by atoms with Gasteiger partial charge in [0.15, 0.2) is 0 Å². The molecule has 13 heavy (non-hydrogen) atoms. The highest BCUT2D eigenvalue weighted by Crippen LogP contribution is 2.19. The molecule has 0 atom stereocenters. The summed E-state index contributed by atoms with van der Waals surface area (Å²) in [6.45, 7) is 5.35. The lowest BCUT2D eigenvalue weighted by atomic mass is 10.4. The molecular weight excluding hydrogens is 208 g/mol. The van der Waals surface area contributed by atoms with Crippen molar-refractivity contribution in [2.45, 2.75) is 6.92 Å². The Morgan fingerprint density at radius 2 is 2.31 bits per heavy atom. The Hall–Kier alpha value is -0.670. The van der Waals surface area contributed by atoms with Crippen molar-refractivity contribution in [1.82, 2.24) is 0 Å². The van der Waals surface area contributed by atoms with Crippen LogP contribution in [-0.2, 0) is 4.79 Å². The zero-order chi connectivity index (χ0) is 10.3. The van der Waals surface area contributed by atoms with Gasteiger partial charge < -0.3 is 5.11 Å². The van der Waals surface area contributed by atoms with Crippen molar-refractivity contribution in [3.05, 3.63) is 34.7 Å². The molecule has 0 heterocycles. The van der Waals surface area contributed by atoms with E-state index in [1.807, 2.05) is 13.0 Å². The molecule has 0 aliphatic carbocycles. The number of halogens is 1. The predicted octanol–water partition coefficient (Wildman–Crippen LogP) is 3.02. The molecule has 1 N–H and O–H groups in total. The van der Waals surface area contributed by atoms with Gasteiger partial charge in [0.2, 0.25) is 0 Å². The van der Waals surface area contributed by atoms with Gasteiger partial charge in [-0.1, -0.05) is 30.3 Å². The standard InChI is InChI=1S/C9H11ClO2S/c1-3-4-8(5-7(2)10)13-6-9(11)12/h3-5H,2,6H2,1H3,(H,11,12)/b4-3-,8-5+. The van der Waals surface area contributed by atoms with E-state index in [2.05, 4.69) is 6.58 Å². The fraction of sp³-hybridized carbons (Fsp3) is 0.222. The van der Waals surface area contributed by atoms with Crippen LogP contribution in [0.25, 0.3) is 0 Å². The van der Waals surface area contributed by atoms with Gasteiger partial charge in [-0.2, -0.15) is 0 Å². The molecule has 72 valence electrons. The number of hydrogen-bond donors (Lipinski definition) is 1. The Morgan fingerprint density at radius 3 is 2.69 bits per heavy atom. The molecule has 0 rings (SSSR count). The van der Waals surface area contributed by atoms with Crippen LogP contribution >= 0.6 is 23.4 Å². The maximum Gasteiger partial charge on any atom is 0.313 e. The fourth-order valence-corrected chi connectivity index (χ4v) is 1.53. The van der Waals surface area contributed by atoms with Gasteiger partial charge in [-0.15, -0.1) is 11.8 Å². The van der Waals surface area contributed by atoms with E-state index in [-0.39, 0.29) is 5.75 Å². The van der Waals surface area contributed by atoms with Crippen LogP contribution in [0.15, 0.2) is 34.7 Å². The molecule has 0 unspecified atom stereocenters. The summed E-state index contributed by atoms with van der Waals surface area (Å²) >= 11 is 6.77. The molecular formula is C9H11ClO2S. The average Bonchev–Trinajstić information content (AvgIpc) is 1.99. The van der Waals surface area contributed by atoms with Gasteiger partial charge in [-0.05, 0) is 13.0 Å². The first-order valence-corrected chi connectivity index (χ1v) is 4.96. The minimum atomic E-state index is -0.847. The normalized spacial score (nSPS) is 12.0. The zero-order valence-electron chi connectivity index (χ0n) is 7.29. The molecule has 0 bridgehead atoms. The molecule has 0 saturated heterocycles. The van der Waals surface area contributed by atoms with Gasteiger partial charge in [-0.3, -0.25) is 4.79 Å². The van der Waals surface area contributed by atoms with Crippen molar-refractivity contribution in [3.63, 3.8) is 0 Å². The van der Waals surface area contributed by atoms with Crippen LogP contribution in [0.4, 0.5) is 0 Å². The van der Waals surface area contributed by atoms with E-state index in [4.69, 9.17) is 16.7 Å². The van der Waals surface area contributed by atoms with Crippen LogP contribution in [0.1, 0.15) is 6.92 Å². The van der Waals surface area contributed by atoms with Gasteiger partial charge in [-0.25, -0.2) is 0 Å². The number of carboxylic acids is 1. The molecule has 0 aromatic heterocycles. The number of thioether (sulfide) groups is 1. The second-order valence-electron chi connectivity index (χ2n) is 2.18. The molecule has 0 saturated carbocycles. The quantitative estimate of drug-likeness (QED) is 0.721. The van der Waals surface area contributed by atoms with Gasteiger partial charge >= 0.3 is 5.97 Å². The van der Waals surface area contributed by atoms with Crippen LogP contribution in [0.3, 0.4) is 0 Å². The Bertz CT molecular complexity index is 256. The lowest BCUT2D eigenvalue weighted by molar-refractivity contribution is -0.133. The minimum Gasteiger partial charge on any atom is -0.481 e. The molecule has 0 aromatic rings. The van der Waals surface area contributed by atoms with Crippen LogP contribution in [0, 0.1) is 0 Å². The summed E-state index contributed by atoms with van der Waals surface area (Å²) in [5.74, 6) is -0.819. The topological polar surface area (TPSA) is 37.3 Å². The number of rotatable bonds is 5. The first kappa shape index (κ1) is 12.3. The second kappa shape index (κ2) is 6.80. The summed E-state index contributed by atoms with van der Waals surface area (Å²) in [6.07, 6.45) is 5.25. The van der Waals surface area contributed by atoms with Gasteiger partial charge in [0.25, 0.3) is 0 Å². The highest BCUT2D eigenvalue weighted by atomic mass is 35.5. The Morgan fingerprint density at radius 1 is 1.69 bits per heavy atom. The van der Waals surface area contributed by atoms with Gasteiger partial charge in [0.1, 0.15) is 0 Å². The third-order valence-corrected chi connectivity index (χ3v) is 2.08. The van der Waals surface area contributed by atoms with E-state index in [0.29, 0.717) is 5.03 Å². The van der Waals surface area contributed by atoms with Crippen LogP contribution < -0.4 is 0 Å². The van der Waals surface area contributed by atoms with E-state index in [0.717, 1.165) is 4.91 Å². The van der Waals surface area contributed by atoms with E-state index in [9.17, 15) is 4.79 Å². The molecule has 0 radical (unpaired) electrons. The number of carbonyl (C=O) groups is 1. The van der Waals surface area contributed by atoms with Crippen molar-refractivity contribution < 1.29 is 9.90 Å². The van der Waals surface area contributed by atoms with Gasteiger partial charge in [0, 0.05) is 9.94 Å². The summed E-state index contributed by atoms with van der Waals surface area (Å²) in [4.78, 5) is 11.1. The average molecular weight is 219 g/mol. The van der Waals surface area contributed by atoms with Crippen molar-refractivity contribution in [1.29, 1.82) is 0 Å². The molecule has 2 nitrogen and oxygen atoms in total. The monoisotopic (exact) mass is 218 g/mol. The Balaban J connectivity index is 4.26. The highest BCUT2D eigenvalue weighted by Gasteiger charge is 1.99. The van der Waals surface area contributed by atoms with E-state index >= 15 is 0 Å². The van der Waals surface area contributed by atoms with Crippen LogP contribution in [0.2, 0.25) is 0 Å². The highest BCUT2D eigenvalue weighted by molar-refractivity contribution is 8.03. The molecule has 0 amide bonds. The van der Waals surface area contributed by atoms with Crippen LogP contribution in [0.5, 0.6) is 0 Å². The second-order valence-corrected chi connectivity index (χ2v) is 3.71. The van der Waals surface area contributed by atoms with Crippen molar-refractivity contribution in [3.8, 4) is 0 Å². The number of aliphatic carboxylic acids is 1. The van der Waals surface area contributed by atoms with E-state index < -0.39 is 5.97 Å². The first-order valence-electron chi connectivity index (χ1n) is 3.59. The molecule has 0 aliphatic rings. The third kappa shape index (κ3) is 7.68. The van der Waals surface area contributed by atoms with Crippen LogP contribution in [-0.4, -0.2) is 16.8 Å². The Kier molecular flexibility index (Phi) is 6.45.